The van der Waals surface area contributed by atoms with Crippen LogP contribution in [0.25, 0.3) is 0 Å². The molecule has 0 aromatic heterocycles. The fourth-order valence-corrected chi connectivity index (χ4v) is 7.24. The van der Waals surface area contributed by atoms with E-state index < -0.39 is 0 Å². The summed E-state index contributed by atoms with van der Waals surface area (Å²) >= 11 is 5.94. The zero-order chi connectivity index (χ0) is 26.7. The molecule has 0 N–H and O–H groups in total. The first-order valence-electron chi connectivity index (χ1n) is 15.7. The van der Waals surface area contributed by atoms with Crippen LogP contribution in [-0.4, -0.2) is 0 Å². The topological polar surface area (TPSA) is 0 Å². The molecule has 0 nitrogen and oxygen atoms in total. The van der Waals surface area contributed by atoms with Crippen LogP contribution in [0.3, 0.4) is 0 Å². The third kappa shape index (κ3) is 9.07. The van der Waals surface area contributed by atoms with Crippen molar-refractivity contribution in [3.63, 3.8) is 0 Å². The van der Waals surface area contributed by atoms with Crippen molar-refractivity contribution in [1.29, 1.82) is 0 Å². The molecule has 2 aliphatic rings. The van der Waals surface area contributed by atoms with E-state index in [1.807, 2.05) is 24.3 Å². The van der Waals surface area contributed by atoms with E-state index in [2.05, 4.69) is 6.92 Å². The van der Waals surface area contributed by atoms with E-state index in [0.29, 0.717) is 23.8 Å². The molecule has 0 heterocycles. The van der Waals surface area contributed by atoms with Gasteiger partial charge in [-0.2, -0.15) is 0 Å². The summed E-state index contributed by atoms with van der Waals surface area (Å²) in [4.78, 5) is 0. The van der Waals surface area contributed by atoms with Crippen LogP contribution in [0.2, 0.25) is 5.02 Å². The highest BCUT2D eigenvalue weighted by Crippen LogP contribution is 2.41. The van der Waals surface area contributed by atoms with Crippen molar-refractivity contribution in [3.05, 3.63) is 69.7 Å². The van der Waals surface area contributed by atoms with E-state index >= 15 is 0 Å². The van der Waals surface area contributed by atoms with Crippen LogP contribution in [0, 0.1) is 29.4 Å². The smallest absolute Gasteiger partial charge is 0.129 e. The van der Waals surface area contributed by atoms with Crippen molar-refractivity contribution in [2.45, 2.75) is 128 Å². The lowest BCUT2D eigenvalue weighted by molar-refractivity contribution is 0.222. The number of halogens is 3. The van der Waals surface area contributed by atoms with Gasteiger partial charge in [-0.05, 0) is 97.6 Å². The maximum absolute atomic E-state index is 14.9. The van der Waals surface area contributed by atoms with Gasteiger partial charge in [0.2, 0.25) is 0 Å². The van der Waals surface area contributed by atoms with Crippen LogP contribution in [0.1, 0.15) is 132 Å². The molecular formula is C35H49ClF2. The van der Waals surface area contributed by atoms with E-state index in [9.17, 15) is 8.78 Å². The standard InChI is InChI=1S/C35H49ClF2/c1-2-3-4-5-6-7-26-8-10-27(11-9-26)12-13-28-14-19-30(20-15-28)31-24-34(37)33(35(38)25-31)23-18-29-16-21-32(36)22-17-29/h16-17,21-22,24-28,30H,2-15,18-20,23H2,1H3/t26-,27-,28-,30-. The Labute approximate surface area is 236 Å². The van der Waals surface area contributed by atoms with Gasteiger partial charge in [0.15, 0.2) is 0 Å². The number of hydrogen-bond acceptors (Lipinski definition) is 0. The number of benzene rings is 2. The molecule has 4 rings (SSSR count). The maximum Gasteiger partial charge on any atom is 0.129 e. The summed E-state index contributed by atoms with van der Waals surface area (Å²) in [5.74, 6) is 2.27. The second-order valence-electron chi connectivity index (χ2n) is 12.5. The van der Waals surface area contributed by atoms with Crippen LogP contribution in [0.5, 0.6) is 0 Å². The van der Waals surface area contributed by atoms with Crippen molar-refractivity contribution < 1.29 is 8.78 Å². The largest absolute Gasteiger partial charge is 0.207 e. The molecule has 38 heavy (non-hydrogen) atoms. The highest BCUT2D eigenvalue weighted by Gasteiger charge is 2.26. The fourth-order valence-electron chi connectivity index (χ4n) is 7.12. The Kier molecular flexibility index (Phi) is 12.0. The van der Waals surface area contributed by atoms with Crippen molar-refractivity contribution in [2.24, 2.45) is 17.8 Å². The highest BCUT2D eigenvalue weighted by atomic mass is 35.5. The van der Waals surface area contributed by atoms with Gasteiger partial charge >= 0.3 is 0 Å². The van der Waals surface area contributed by atoms with Crippen LogP contribution in [0.15, 0.2) is 36.4 Å². The minimum atomic E-state index is -0.382. The second kappa shape index (κ2) is 15.4. The third-order valence-corrected chi connectivity index (χ3v) is 9.98. The number of aryl methyl sites for hydroxylation is 1. The molecule has 2 saturated carbocycles. The Balaban J connectivity index is 1.15. The molecule has 0 bridgehead atoms. The molecule has 2 aliphatic carbocycles. The lowest BCUT2D eigenvalue weighted by Crippen LogP contribution is -2.18. The normalized spacial score (nSPS) is 24.0. The van der Waals surface area contributed by atoms with E-state index in [-0.39, 0.29) is 17.2 Å². The summed E-state index contributed by atoms with van der Waals surface area (Å²) in [5, 5.41) is 0.677. The van der Waals surface area contributed by atoms with Crippen molar-refractivity contribution in [3.8, 4) is 0 Å². The summed E-state index contributed by atoms with van der Waals surface area (Å²) in [6.45, 7) is 2.29. The van der Waals surface area contributed by atoms with E-state index in [1.54, 1.807) is 12.1 Å². The van der Waals surface area contributed by atoms with Crippen LogP contribution < -0.4 is 0 Å². The fraction of sp³-hybridized carbons (Fsp3) is 0.657. The summed E-state index contributed by atoms with van der Waals surface area (Å²) in [6, 6.07) is 10.7. The summed E-state index contributed by atoms with van der Waals surface area (Å²) < 4.78 is 29.8. The van der Waals surface area contributed by atoms with Gasteiger partial charge in [0.05, 0.1) is 0 Å². The molecule has 2 aromatic carbocycles. The summed E-state index contributed by atoms with van der Waals surface area (Å²) in [6.07, 6.45) is 22.6. The van der Waals surface area contributed by atoms with Gasteiger partial charge in [-0.1, -0.05) is 108 Å². The van der Waals surface area contributed by atoms with Crippen molar-refractivity contribution in [1.82, 2.24) is 0 Å². The molecule has 0 aliphatic heterocycles. The Morgan fingerprint density at radius 1 is 0.658 bits per heavy atom. The summed E-state index contributed by atoms with van der Waals surface area (Å²) in [5.41, 5.74) is 2.12. The molecule has 0 atom stereocenters. The molecule has 2 aromatic rings. The number of hydrogen-bond donors (Lipinski definition) is 0. The van der Waals surface area contributed by atoms with Crippen LogP contribution in [-0.2, 0) is 12.8 Å². The average Bonchev–Trinajstić information content (AvgIpc) is 2.93. The number of unbranched alkanes of at least 4 members (excludes halogenated alkanes) is 4. The minimum Gasteiger partial charge on any atom is -0.207 e. The van der Waals surface area contributed by atoms with Gasteiger partial charge < -0.3 is 0 Å². The van der Waals surface area contributed by atoms with Crippen LogP contribution >= 0.6 is 11.6 Å². The summed E-state index contributed by atoms with van der Waals surface area (Å²) in [7, 11) is 0. The molecule has 0 radical (unpaired) electrons. The molecule has 210 valence electrons. The van der Waals surface area contributed by atoms with Crippen molar-refractivity contribution in [2.75, 3.05) is 0 Å². The molecular weight excluding hydrogens is 494 g/mol. The molecule has 0 unspecified atom stereocenters. The van der Waals surface area contributed by atoms with Gasteiger partial charge in [0.1, 0.15) is 11.6 Å². The maximum atomic E-state index is 14.9. The van der Waals surface area contributed by atoms with Gasteiger partial charge in [-0.15, -0.1) is 0 Å². The third-order valence-electron chi connectivity index (χ3n) is 9.72. The van der Waals surface area contributed by atoms with Gasteiger partial charge in [-0.25, -0.2) is 8.78 Å². The lowest BCUT2D eigenvalue weighted by Gasteiger charge is -2.32. The van der Waals surface area contributed by atoms with Gasteiger partial charge in [0.25, 0.3) is 0 Å². The lowest BCUT2D eigenvalue weighted by atomic mass is 9.74. The predicted octanol–water partition coefficient (Wildman–Crippen LogP) is 11.6. The Hall–Kier alpha value is -1.41. The Bertz CT molecular complexity index is 929. The minimum absolute atomic E-state index is 0.212. The second-order valence-corrected chi connectivity index (χ2v) is 12.9. The van der Waals surface area contributed by atoms with Gasteiger partial charge in [-0.3, -0.25) is 0 Å². The zero-order valence-corrected chi connectivity index (χ0v) is 24.4. The highest BCUT2D eigenvalue weighted by molar-refractivity contribution is 6.30. The molecule has 3 heteroatoms. The van der Waals surface area contributed by atoms with Crippen LogP contribution in [0.4, 0.5) is 8.78 Å². The van der Waals surface area contributed by atoms with E-state index in [4.69, 9.17) is 11.6 Å². The monoisotopic (exact) mass is 542 g/mol. The number of rotatable bonds is 13. The predicted molar refractivity (Wildman–Crippen MR) is 158 cm³/mol. The molecule has 2 fully saturated rings. The van der Waals surface area contributed by atoms with E-state index in [0.717, 1.165) is 41.7 Å². The molecule has 0 amide bonds. The molecule has 0 saturated heterocycles. The Morgan fingerprint density at radius 3 is 1.76 bits per heavy atom. The zero-order valence-electron chi connectivity index (χ0n) is 23.6. The van der Waals surface area contributed by atoms with E-state index in [1.165, 1.54) is 89.9 Å². The first-order valence-corrected chi connectivity index (χ1v) is 16.1. The first kappa shape index (κ1) is 29.6. The van der Waals surface area contributed by atoms with Gasteiger partial charge in [0, 0.05) is 10.6 Å². The first-order chi connectivity index (χ1) is 18.5. The molecule has 0 spiro atoms. The average molecular weight is 543 g/mol. The van der Waals surface area contributed by atoms with Crippen molar-refractivity contribution >= 4 is 11.6 Å². The Morgan fingerprint density at radius 2 is 1.18 bits per heavy atom. The quantitative estimate of drug-likeness (QED) is 0.221. The SMILES string of the molecule is CCCCCCC[C@H]1CC[C@H](CC[C@H]2CC[C@H](c3cc(F)c(CCc4ccc(Cl)cc4)c(F)c3)CC2)CC1.